The molecule has 1 saturated carbocycles. The largest absolute Gasteiger partial charge is 0.497 e. The van der Waals surface area contributed by atoms with Gasteiger partial charge in [0.2, 0.25) is 11.7 Å². The molecule has 12 nitrogen and oxygen atoms in total. The van der Waals surface area contributed by atoms with Crippen LogP contribution >= 0.6 is 0 Å². The molecule has 0 aromatic heterocycles. The van der Waals surface area contributed by atoms with E-state index >= 15 is 0 Å². The first kappa shape index (κ1) is 45.4. The second-order valence-corrected chi connectivity index (χ2v) is 17.1. The van der Waals surface area contributed by atoms with Crippen LogP contribution in [0.1, 0.15) is 93.1 Å². The SMILES string of the molecule is C=CCOC12Oc3ccc(Oc4ccc(OC)c(C=O)c4)cc3C3C(CCCCO)C(CCCCO)C=C(C(=NOC(C)(C)C)CC1N(C)C(=O)Cc1cccc(OC)c1)C32. The van der Waals surface area contributed by atoms with Crippen LogP contribution in [0.25, 0.3) is 0 Å². The molecule has 3 aliphatic rings. The van der Waals surface area contributed by atoms with Crippen LogP contribution in [-0.2, 0) is 20.8 Å². The zero-order valence-electron chi connectivity index (χ0n) is 36.4. The number of aliphatic hydroxyl groups excluding tert-OH is 2. The van der Waals surface area contributed by atoms with Crippen molar-refractivity contribution in [3.63, 3.8) is 0 Å². The van der Waals surface area contributed by atoms with Gasteiger partial charge in [-0.15, -0.1) is 6.58 Å². The summed E-state index contributed by atoms with van der Waals surface area (Å²) in [5.74, 6) is 0.603. The van der Waals surface area contributed by atoms with Crippen LogP contribution in [0.4, 0.5) is 0 Å². The van der Waals surface area contributed by atoms with E-state index in [0.29, 0.717) is 52.9 Å². The number of rotatable bonds is 20. The molecule has 6 unspecified atom stereocenters. The molecule has 0 spiro atoms. The topological polar surface area (TPSA) is 146 Å². The first-order valence-electron chi connectivity index (χ1n) is 21.4. The second kappa shape index (κ2) is 20.1. The number of unbranched alkanes of at least 4 members (excludes halogenated alkanes) is 2. The van der Waals surface area contributed by atoms with E-state index in [1.807, 2.05) is 63.2 Å². The summed E-state index contributed by atoms with van der Waals surface area (Å²) in [4.78, 5) is 34.4. The number of hydrogen-bond donors (Lipinski definition) is 2. The average molecular weight is 839 g/mol. The number of allylic oxidation sites excluding steroid dienone is 1. The molecule has 6 rings (SSSR count). The third-order valence-corrected chi connectivity index (χ3v) is 12.0. The van der Waals surface area contributed by atoms with Crippen LogP contribution in [0.15, 0.2) is 90.1 Å². The number of hydrogen-bond acceptors (Lipinski definition) is 11. The highest BCUT2D eigenvalue weighted by Gasteiger charge is 2.65. The Labute approximate surface area is 360 Å². The van der Waals surface area contributed by atoms with Gasteiger partial charge in [0.1, 0.15) is 40.4 Å². The first-order chi connectivity index (χ1) is 29.4. The molecule has 0 radical (unpaired) electrons. The summed E-state index contributed by atoms with van der Waals surface area (Å²) < 4.78 is 31.6. The fraction of sp³-hybridized carbons (Fsp3) is 0.490. The minimum Gasteiger partial charge on any atom is -0.497 e. The Morgan fingerprint density at radius 1 is 0.967 bits per heavy atom. The lowest BCUT2D eigenvalue weighted by atomic mass is 9.55. The van der Waals surface area contributed by atoms with Gasteiger partial charge in [-0.25, -0.2) is 0 Å². The van der Waals surface area contributed by atoms with E-state index in [2.05, 4.69) is 12.7 Å². The Balaban J connectivity index is 1.56. The number of nitrogens with zero attached hydrogens (tertiary/aromatic N) is 2. The highest BCUT2D eigenvalue weighted by molar-refractivity contribution is 6.03. The lowest BCUT2D eigenvalue weighted by molar-refractivity contribution is -0.255. The van der Waals surface area contributed by atoms with Crippen LogP contribution in [0, 0.1) is 17.8 Å². The Hall–Kier alpha value is -5.17. The van der Waals surface area contributed by atoms with Crippen molar-refractivity contribution in [3.05, 3.63) is 102 Å². The molecule has 3 aromatic rings. The van der Waals surface area contributed by atoms with Crippen LogP contribution in [0.5, 0.6) is 28.7 Å². The maximum absolute atomic E-state index is 14.5. The van der Waals surface area contributed by atoms with Gasteiger partial charge in [0.25, 0.3) is 0 Å². The molecular formula is C49H62N2O10. The van der Waals surface area contributed by atoms with E-state index in [1.54, 1.807) is 43.3 Å². The summed E-state index contributed by atoms with van der Waals surface area (Å²) in [5, 5.41) is 24.7. The predicted octanol–water partition coefficient (Wildman–Crippen LogP) is 8.44. The van der Waals surface area contributed by atoms with Gasteiger partial charge in [0.15, 0.2) is 6.29 Å². The van der Waals surface area contributed by atoms with E-state index in [-0.39, 0.29) is 56.3 Å². The summed E-state index contributed by atoms with van der Waals surface area (Å²) >= 11 is 0. The molecule has 1 fully saturated rings. The van der Waals surface area contributed by atoms with Crippen molar-refractivity contribution in [2.24, 2.45) is 22.9 Å². The molecule has 12 heteroatoms. The lowest BCUT2D eigenvalue weighted by Gasteiger charge is -2.59. The number of amides is 1. The van der Waals surface area contributed by atoms with Gasteiger partial charge in [-0.2, -0.15) is 0 Å². The number of ether oxygens (including phenoxy) is 5. The summed E-state index contributed by atoms with van der Waals surface area (Å²) in [5.41, 5.74) is 3.15. The molecule has 3 aromatic carbocycles. The molecule has 328 valence electrons. The Kier molecular flexibility index (Phi) is 15.0. The number of likely N-dealkylation sites (N-methyl/N-ethyl adjacent to an activating group) is 1. The van der Waals surface area contributed by atoms with Gasteiger partial charge < -0.3 is 43.6 Å². The van der Waals surface area contributed by atoms with Gasteiger partial charge >= 0.3 is 0 Å². The number of aldehydes is 1. The molecule has 0 bridgehead atoms. The van der Waals surface area contributed by atoms with Crippen molar-refractivity contribution in [1.29, 1.82) is 0 Å². The van der Waals surface area contributed by atoms with E-state index in [4.69, 9.17) is 33.7 Å². The first-order valence-corrected chi connectivity index (χ1v) is 21.4. The standard InChI is InChI=1S/C49H62N2O10/c1-8-24-58-49-44(51(5)45(55)26-32-14-13-16-35(25-32)56-6)30-41(50-61-48(2,3)4)39-28-33(15-9-11-22-52)38(17-10-12-23-53)46(47(39)49)40-29-37(19-21-43(40)60-49)59-36-18-20-42(57-7)34(27-36)31-54/h8,13-14,16,18-21,25,27-29,31,33,38,44,46-47,52-53H,1,9-12,15,17,22-24,26,30H2,2-7H3. The Bertz CT molecular complexity index is 2070. The summed E-state index contributed by atoms with van der Waals surface area (Å²) in [6, 6.07) is 17.7. The molecule has 2 aliphatic carbocycles. The molecule has 1 heterocycles. The number of carbonyl (C=O) groups is 2. The fourth-order valence-electron chi connectivity index (χ4n) is 9.24. The van der Waals surface area contributed by atoms with Crippen molar-refractivity contribution in [3.8, 4) is 28.7 Å². The normalized spacial score (nSPS) is 23.4. The minimum atomic E-state index is -1.39. The lowest BCUT2D eigenvalue weighted by Crippen LogP contribution is -2.69. The summed E-state index contributed by atoms with van der Waals surface area (Å²) in [6.07, 6.45) is 9.68. The second-order valence-electron chi connectivity index (χ2n) is 17.1. The zero-order chi connectivity index (χ0) is 43.7. The molecule has 2 N–H and O–H groups in total. The van der Waals surface area contributed by atoms with Crippen molar-refractivity contribution in [1.82, 2.24) is 4.90 Å². The van der Waals surface area contributed by atoms with E-state index in [9.17, 15) is 19.8 Å². The molecule has 1 amide bonds. The number of methoxy groups -OCH3 is 2. The zero-order valence-corrected chi connectivity index (χ0v) is 36.4. The number of benzene rings is 3. The number of oxime groups is 1. The van der Waals surface area contributed by atoms with Crippen LogP contribution in [0.2, 0.25) is 0 Å². The number of aliphatic hydroxyl groups is 2. The molecule has 61 heavy (non-hydrogen) atoms. The van der Waals surface area contributed by atoms with Crippen LogP contribution in [0.3, 0.4) is 0 Å². The van der Waals surface area contributed by atoms with Gasteiger partial charge in [-0.3, -0.25) is 9.59 Å². The van der Waals surface area contributed by atoms with Crippen molar-refractivity contribution in [2.75, 3.05) is 41.1 Å². The molecule has 1 aliphatic heterocycles. The Morgan fingerprint density at radius 2 is 1.70 bits per heavy atom. The van der Waals surface area contributed by atoms with Crippen molar-refractivity contribution in [2.45, 2.75) is 95.5 Å². The maximum Gasteiger partial charge on any atom is 0.239 e. The van der Waals surface area contributed by atoms with Gasteiger partial charge in [-0.05, 0) is 118 Å². The van der Waals surface area contributed by atoms with Gasteiger partial charge in [0, 0.05) is 38.2 Å². The number of fused-ring (bicyclic) bond motifs is 2. The minimum absolute atomic E-state index is 0.0348. The van der Waals surface area contributed by atoms with Crippen LogP contribution in [-0.4, -0.2) is 91.5 Å². The average Bonchev–Trinajstić information content (AvgIpc) is 3.25. The van der Waals surface area contributed by atoms with Crippen molar-refractivity contribution >= 4 is 17.9 Å². The van der Waals surface area contributed by atoms with Gasteiger partial charge in [0.05, 0.1) is 44.4 Å². The van der Waals surface area contributed by atoms with E-state index in [0.717, 1.165) is 48.7 Å². The summed E-state index contributed by atoms with van der Waals surface area (Å²) in [7, 11) is 4.92. The van der Waals surface area contributed by atoms with E-state index < -0.39 is 23.3 Å². The summed E-state index contributed by atoms with van der Waals surface area (Å²) in [6.45, 7) is 10.2. The number of carbonyl (C=O) groups excluding carboxylic acids is 2. The highest BCUT2D eigenvalue weighted by atomic mass is 16.7. The third kappa shape index (κ3) is 10.1. The Morgan fingerprint density at radius 3 is 2.39 bits per heavy atom. The molecular weight excluding hydrogens is 777 g/mol. The third-order valence-electron chi connectivity index (χ3n) is 12.0. The molecule has 0 saturated heterocycles. The van der Waals surface area contributed by atoms with E-state index in [1.165, 1.54) is 7.11 Å². The fourth-order valence-corrected chi connectivity index (χ4v) is 9.24. The molecule has 6 atom stereocenters. The highest BCUT2D eigenvalue weighted by Crippen LogP contribution is 2.62. The van der Waals surface area contributed by atoms with Crippen molar-refractivity contribution < 1.29 is 48.3 Å². The van der Waals surface area contributed by atoms with Gasteiger partial charge in [-0.1, -0.05) is 42.3 Å². The van der Waals surface area contributed by atoms with Crippen LogP contribution < -0.4 is 18.9 Å². The monoisotopic (exact) mass is 838 g/mol. The quantitative estimate of drug-likeness (QED) is 0.0492. The smallest absolute Gasteiger partial charge is 0.239 e. The predicted molar refractivity (Wildman–Crippen MR) is 234 cm³/mol. The maximum atomic E-state index is 14.5.